The van der Waals surface area contributed by atoms with Crippen molar-refractivity contribution in [3.8, 4) is 5.75 Å². The van der Waals surface area contributed by atoms with E-state index < -0.39 is 0 Å². The van der Waals surface area contributed by atoms with Crippen molar-refractivity contribution in [2.24, 2.45) is 5.41 Å². The summed E-state index contributed by atoms with van der Waals surface area (Å²) in [5.41, 5.74) is 2.49. The number of methoxy groups -OCH3 is 1. The molecule has 1 N–H and O–H groups in total. The molecule has 1 unspecified atom stereocenters. The third-order valence-electron chi connectivity index (χ3n) is 7.04. The summed E-state index contributed by atoms with van der Waals surface area (Å²) in [6.45, 7) is 6.28. The second kappa shape index (κ2) is 8.98. The average molecular weight is 446 g/mol. The lowest BCUT2D eigenvalue weighted by atomic mass is 9.71. The highest BCUT2D eigenvalue weighted by molar-refractivity contribution is 5.77. The minimum atomic E-state index is 0.0270. The molecule has 1 spiro atoms. The van der Waals surface area contributed by atoms with E-state index in [1.165, 1.54) is 5.56 Å². The number of carbonyl (C=O) groups excluding carboxylic acids is 1. The van der Waals surface area contributed by atoms with Gasteiger partial charge in [-0.25, -0.2) is 4.98 Å². The van der Waals surface area contributed by atoms with E-state index in [1.54, 1.807) is 7.11 Å². The van der Waals surface area contributed by atoms with Gasteiger partial charge in [-0.15, -0.1) is 0 Å². The van der Waals surface area contributed by atoms with Gasteiger partial charge in [0.05, 0.1) is 7.11 Å². The van der Waals surface area contributed by atoms with Gasteiger partial charge in [0.2, 0.25) is 5.91 Å². The second-order valence-electron chi connectivity index (χ2n) is 9.45. The van der Waals surface area contributed by atoms with Gasteiger partial charge in [0.1, 0.15) is 11.6 Å². The molecule has 1 amide bonds. The molecule has 1 aromatic heterocycles. The van der Waals surface area contributed by atoms with Gasteiger partial charge in [-0.3, -0.25) is 14.8 Å². The van der Waals surface area contributed by atoms with Crippen molar-refractivity contribution < 1.29 is 9.53 Å². The van der Waals surface area contributed by atoms with Crippen LogP contribution in [0.3, 0.4) is 0 Å². The van der Waals surface area contributed by atoms with Crippen molar-refractivity contribution in [1.82, 2.24) is 25.0 Å². The normalized spacial score (nSPS) is 19.6. The molecule has 5 rings (SSSR count). The van der Waals surface area contributed by atoms with Crippen LogP contribution < -0.4 is 4.74 Å². The van der Waals surface area contributed by atoms with Crippen LogP contribution in [0.1, 0.15) is 35.1 Å². The maximum absolute atomic E-state index is 12.9. The summed E-state index contributed by atoms with van der Waals surface area (Å²) < 4.78 is 5.22. The molecule has 2 fully saturated rings. The van der Waals surface area contributed by atoms with Gasteiger partial charge in [0.25, 0.3) is 0 Å². The SMILES string of the molecule is COc1ccc(CCC(=O)N2CC3(CN(Cc4ccccc4)CC3c3n[nH]c(C)n3)C2)cc1. The highest BCUT2D eigenvalue weighted by atomic mass is 16.5. The van der Waals surface area contributed by atoms with E-state index in [1.807, 2.05) is 36.1 Å². The standard InChI is InChI=1S/C26H31N5O2/c1-19-27-25(29-28-19)23-15-30(14-21-6-4-3-5-7-21)16-26(23)17-31(18-26)24(32)13-10-20-8-11-22(33-2)12-9-20/h3-9,11-12,23H,10,13-18H2,1-2H3,(H,27,28,29). The van der Waals surface area contributed by atoms with E-state index in [4.69, 9.17) is 4.74 Å². The number of nitrogens with zero attached hydrogens (tertiary/aromatic N) is 4. The summed E-state index contributed by atoms with van der Waals surface area (Å²) in [5.74, 6) is 3.02. The molecule has 1 atom stereocenters. The minimum Gasteiger partial charge on any atom is -0.497 e. The Bertz CT molecular complexity index is 1090. The van der Waals surface area contributed by atoms with E-state index >= 15 is 0 Å². The molecule has 2 aromatic carbocycles. The largest absolute Gasteiger partial charge is 0.497 e. The Morgan fingerprint density at radius 1 is 1.09 bits per heavy atom. The zero-order chi connectivity index (χ0) is 22.8. The Kier molecular flexibility index (Phi) is 5.89. The fourth-order valence-corrected chi connectivity index (χ4v) is 5.32. The Morgan fingerprint density at radius 2 is 1.85 bits per heavy atom. The molecule has 3 aromatic rings. The van der Waals surface area contributed by atoms with E-state index in [0.29, 0.717) is 6.42 Å². The summed E-state index contributed by atoms with van der Waals surface area (Å²) >= 11 is 0. The van der Waals surface area contributed by atoms with E-state index in [-0.39, 0.29) is 17.2 Å². The molecule has 0 bridgehead atoms. The number of hydrogen-bond acceptors (Lipinski definition) is 5. The molecule has 7 heteroatoms. The molecule has 2 saturated heterocycles. The maximum Gasteiger partial charge on any atom is 0.222 e. The number of aryl methyl sites for hydroxylation is 2. The number of H-pyrrole nitrogens is 1. The van der Waals surface area contributed by atoms with E-state index in [0.717, 1.165) is 62.1 Å². The lowest BCUT2D eigenvalue weighted by Crippen LogP contribution is -2.61. The second-order valence-corrected chi connectivity index (χ2v) is 9.45. The first-order chi connectivity index (χ1) is 16.0. The number of rotatable bonds is 7. The molecular weight excluding hydrogens is 414 g/mol. The van der Waals surface area contributed by atoms with Gasteiger partial charge in [-0.05, 0) is 36.6 Å². The van der Waals surface area contributed by atoms with Crippen molar-refractivity contribution in [1.29, 1.82) is 0 Å². The Hall–Kier alpha value is -3.19. The predicted molar refractivity (Wildman–Crippen MR) is 126 cm³/mol. The molecule has 2 aliphatic heterocycles. The van der Waals surface area contributed by atoms with Crippen LogP contribution in [0, 0.1) is 12.3 Å². The molecular formula is C26H31N5O2. The Labute approximate surface area is 194 Å². The van der Waals surface area contributed by atoms with Crippen molar-refractivity contribution >= 4 is 5.91 Å². The lowest BCUT2D eigenvalue weighted by molar-refractivity contribution is -0.143. The van der Waals surface area contributed by atoms with Crippen LogP contribution in [0.4, 0.5) is 0 Å². The number of nitrogens with one attached hydrogen (secondary N) is 1. The summed E-state index contributed by atoms with van der Waals surface area (Å²) in [6.07, 6.45) is 1.27. The first-order valence-electron chi connectivity index (χ1n) is 11.6. The first-order valence-corrected chi connectivity index (χ1v) is 11.6. The predicted octanol–water partition coefficient (Wildman–Crippen LogP) is 3.18. The number of aromatic nitrogens is 3. The van der Waals surface area contributed by atoms with Crippen LogP contribution in [0.2, 0.25) is 0 Å². The molecule has 3 heterocycles. The minimum absolute atomic E-state index is 0.0270. The number of hydrogen-bond donors (Lipinski definition) is 1. The summed E-state index contributed by atoms with van der Waals surface area (Å²) in [7, 11) is 1.66. The van der Waals surface area contributed by atoms with Gasteiger partial charge in [-0.1, -0.05) is 42.5 Å². The Morgan fingerprint density at radius 3 is 2.52 bits per heavy atom. The maximum atomic E-state index is 12.9. The molecule has 2 aliphatic rings. The summed E-state index contributed by atoms with van der Waals surface area (Å²) in [6, 6.07) is 18.5. The molecule has 0 saturated carbocycles. The van der Waals surface area contributed by atoms with Crippen LogP contribution in [0.15, 0.2) is 54.6 Å². The number of aromatic amines is 1. The van der Waals surface area contributed by atoms with Gasteiger partial charge in [0, 0.05) is 50.5 Å². The van der Waals surface area contributed by atoms with Crippen LogP contribution in [0.5, 0.6) is 5.75 Å². The highest BCUT2D eigenvalue weighted by Gasteiger charge is 2.56. The van der Waals surface area contributed by atoms with Crippen LogP contribution in [0.25, 0.3) is 0 Å². The zero-order valence-electron chi connectivity index (χ0n) is 19.3. The number of amides is 1. The molecule has 33 heavy (non-hydrogen) atoms. The number of ether oxygens (including phenoxy) is 1. The average Bonchev–Trinajstić information content (AvgIpc) is 3.41. The quantitative estimate of drug-likeness (QED) is 0.605. The van der Waals surface area contributed by atoms with Crippen molar-refractivity contribution in [3.05, 3.63) is 77.4 Å². The topological polar surface area (TPSA) is 74.3 Å². The van der Waals surface area contributed by atoms with Crippen LogP contribution in [-0.2, 0) is 17.8 Å². The molecule has 172 valence electrons. The fourth-order valence-electron chi connectivity index (χ4n) is 5.32. The van der Waals surface area contributed by atoms with Gasteiger partial charge >= 0.3 is 0 Å². The smallest absolute Gasteiger partial charge is 0.222 e. The van der Waals surface area contributed by atoms with Crippen LogP contribution in [-0.4, -0.2) is 64.2 Å². The van der Waals surface area contributed by atoms with Crippen LogP contribution >= 0.6 is 0 Å². The first kappa shape index (κ1) is 21.6. The lowest BCUT2D eigenvalue weighted by Gasteiger charge is -2.50. The summed E-state index contributed by atoms with van der Waals surface area (Å²) in [4.78, 5) is 22.1. The number of benzene rings is 2. The number of likely N-dealkylation sites (tertiary alicyclic amines) is 2. The van der Waals surface area contributed by atoms with Gasteiger partial charge < -0.3 is 9.64 Å². The molecule has 7 nitrogen and oxygen atoms in total. The summed E-state index contributed by atoms with van der Waals surface area (Å²) in [5, 5.41) is 7.51. The number of carbonyl (C=O) groups is 1. The highest BCUT2D eigenvalue weighted by Crippen LogP contribution is 2.48. The Balaban J connectivity index is 1.23. The third-order valence-corrected chi connectivity index (χ3v) is 7.04. The third kappa shape index (κ3) is 4.50. The van der Waals surface area contributed by atoms with E-state index in [2.05, 4.69) is 50.4 Å². The fraction of sp³-hybridized carbons (Fsp3) is 0.423. The van der Waals surface area contributed by atoms with Crippen molar-refractivity contribution in [2.45, 2.75) is 32.2 Å². The monoisotopic (exact) mass is 445 g/mol. The van der Waals surface area contributed by atoms with Gasteiger partial charge in [0.15, 0.2) is 5.82 Å². The van der Waals surface area contributed by atoms with Gasteiger partial charge in [-0.2, -0.15) is 5.10 Å². The van der Waals surface area contributed by atoms with Crippen molar-refractivity contribution in [2.75, 3.05) is 33.3 Å². The van der Waals surface area contributed by atoms with E-state index in [9.17, 15) is 4.79 Å². The zero-order valence-corrected chi connectivity index (χ0v) is 19.3. The molecule has 0 aliphatic carbocycles. The molecule has 0 radical (unpaired) electrons. The van der Waals surface area contributed by atoms with Crippen molar-refractivity contribution in [3.63, 3.8) is 0 Å².